The van der Waals surface area contributed by atoms with Crippen molar-refractivity contribution in [2.45, 2.75) is 433 Å². The van der Waals surface area contributed by atoms with Crippen molar-refractivity contribution in [2.24, 2.45) is 17.8 Å². The van der Waals surface area contributed by atoms with Gasteiger partial charge in [-0.3, -0.25) is 37.3 Å². The third kappa shape index (κ3) is 72.8. The molecule has 3 N–H and O–H groups in total. The van der Waals surface area contributed by atoms with Gasteiger partial charge in [-0.25, -0.2) is 9.13 Å². The van der Waals surface area contributed by atoms with E-state index in [9.17, 15) is 43.2 Å². The van der Waals surface area contributed by atoms with E-state index in [1.807, 2.05) is 0 Å². The SMILES string of the molecule is CCCCCCCCCCCCCCCCCCCCCC(=O)O[C@H](COC(=O)CCCCCCCCCCCCCCC(C)C)COP(=O)(O)OC[C@@H](O)COP(=O)(O)OC[C@@H](COC(=O)CCCCCCCCCCC(C)C)OC(=O)CCCCCCCCCCCCC(C)CC. The topological polar surface area (TPSA) is 237 Å². The first-order chi connectivity index (χ1) is 47.8. The molecule has 0 heterocycles. The maximum absolute atomic E-state index is 13.1. The van der Waals surface area contributed by atoms with E-state index < -0.39 is 97.5 Å². The fourth-order valence-corrected chi connectivity index (χ4v) is 13.9. The second-order valence-electron chi connectivity index (χ2n) is 30.0. The zero-order valence-electron chi connectivity index (χ0n) is 65.0. The van der Waals surface area contributed by atoms with Crippen molar-refractivity contribution in [1.82, 2.24) is 0 Å². The molecule has 0 bridgehead atoms. The monoisotopic (exact) mass is 1450 g/mol. The van der Waals surface area contributed by atoms with Crippen molar-refractivity contribution < 1.29 is 80.2 Å². The molecule has 6 atom stereocenters. The highest BCUT2D eigenvalue weighted by molar-refractivity contribution is 7.47. The Hall–Kier alpha value is -1.94. The molecule has 0 fully saturated rings. The Labute approximate surface area is 607 Å². The summed E-state index contributed by atoms with van der Waals surface area (Å²) in [4.78, 5) is 73.0. The smallest absolute Gasteiger partial charge is 0.462 e. The Kier molecular flexibility index (Phi) is 69.0. The average molecular weight is 1450 g/mol. The van der Waals surface area contributed by atoms with Gasteiger partial charge in [-0.05, 0) is 43.4 Å². The van der Waals surface area contributed by atoms with Crippen LogP contribution in [0, 0.1) is 17.8 Å². The first-order valence-corrected chi connectivity index (χ1v) is 44.4. The zero-order valence-corrected chi connectivity index (χ0v) is 66.8. The molecule has 99 heavy (non-hydrogen) atoms. The number of unbranched alkanes of at least 4 members (excludes halogenated alkanes) is 45. The second-order valence-corrected chi connectivity index (χ2v) is 32.9. The Morgan fingerprint density at radius 3 is 0.768 bits per heavy atom. The molecule has 3 unspecified atom stereocenters. The molecule has 0 aliphatic rings. The summed E-state index contributed by atoms with van der Waals surface area (Å²) in [5.74, 6) is 0.198. The largest absolute Gasteiger partial charge is 0.472 e. The van der Waals surface area contributed by atoms with E-state index in [0.29, 0.717) is 25.7 Å². The lowest BCUT2D eigenvalue weighted by Gasteiger charge is -2.21. The lowest BCUT2D eigenvalue weighted by molar-refractivity contribution is -0.161. The maximum atomic E-state index is 13.1. The zero-order chi connectivity index (χ0) is 73.0. The van der Waals surface area contributed by atoms with Crippen LogP contribution in [0.15, 0.2) is 0 Å². The average Bonchev–Trinajstić information content (AvgIpc) is 0.966. The van der Waals surface area contributed by atoms with Crippen molar-refractivity contribution in [3.63, 3.8) is 0 Å². The van der Waals surface area contributed by atoms with Crippen molar-refractivity contribution in [3.05, 3.63) is 0 Å². The Morgan fingerprint density at radius 1 is 0.293 bits per heavy atom. The number of carbonyl (C=O) groups is 4. The molecule has 19 heteroatoms. The fraction of sp³-hybridized carbons (Fsp3) is 0.950. The molecule has 17 nitrogen and oxygen atoms in total. The predicted molar refractivity (Wildman–Crippen MR) is 405 cm³/mol. The summed E-state index contributed by atoms with van der Waals surface area (Å²) >= 11 is 0. The lowest BCUT2D eigenvalue weighted by atomic mass is 9.99. The van der Waals surface area contributed by atoms with Gasteiger partial charge in [-0.1, -0.05) is 363 Å². The molecule has 0 spiro atoms. The number of hydrogen-bond acceptors (Lipinski definition) is 15. The quantitative estimate of drug-likeness (QED) is 0.0222. The summed E-state index contributed by atoms with van der Waals surface area (Å²) in [6.07, 6.45) is 58.2. The molecule has 0 aromatic heterocycles. The molecule has 0 saturated carbocycles. The van der Waals surface area contributed by atoms with Crippen LogP contribution >= 0.6 is 15.6 Å². The molecule has 0 aromatic rings. The van der Waals surface area contributed by atoms with Gasteiger partial charge in [-0.15, -0.1) is 0 Å². The summed E-state index contributed by atoms with van der Waals surface area (Å²) in [6, 6.07) is 0. The third-order valence-corrected chi connectivity index (χ3v) is 20.9. The number of ether oxygens (including phenoxy) is 4. The summed E-state index contributed by atoms with van der Waals surface area (Å²) < 4.78 is 68.7. The van der Waals surface area contributed by atoms with Gasteiger partial charge in [0.2, 0.25) is 0 Å². The summed E-state index contributed by atoms with van der Waals surface area (Å²) in [6.45, 7) is 11.9. The van der Waals surface area contributed by atoms with Gasteiger partial charge in [0.05, 0.1) is 26.4 Å². The standard InChI is InChI=1S/C80H156O17P2/c1-8-10-11-12-13-14-15-16-17-18-19-20-21-22-27-33-42-49-56-63-79(84)96-75(67-90-77(82)61-54-47-40-32-26-24-23-25-30-37-44-51-58-71(3)4)69-94-98(86,87)92-65-74(81)66-93-99(88,89)95-70-76(68-91-78(83)62-55-48-41-36-35-38-45-52-59-72(5)6)97-80(85)64-57-50-43-34-29-28-31-39-46-53-60-73(7)9-2/h71-76,81H,8-70H2,1-7H3,(H,86,87)(H,88,89)/t73?,74-,75-,76-/m1/s1. The van der Waals surface area contributed by atoms with Crippen LogP contribution in [-0.2, 0) is 65.4 Å². The van der Waals surface area contributed by atoms with Gasteiger partial charge in [0.15, 0.2) is 12.2 Å². The van der Waals surface area contributed by atoms with Gasteiger partial charge < -0.3 is 33.8 Å². The molecule has 0 radical (unpaired) electrons. The van der Waals surface area contributed by atoms with Gasteiger partial charge in [-0.2, -0.15) is 0 Å². The first kappa shape index (κ1) is 97.1. The van der Waals surface area contributed by atoms with Crippen LogP contribution < -0.4 is 0 Å². The number of aliphatic hydroxyl groups is 1. The summed E-state index contributed by atoms with van der Waals surface area (Å²) in [7, 11) is -9.92. The van der Waals surface area contributed by atoms with Crippen molar-refractivity contribution in [3.8, 4) is 0 Å². The number of hydrogen-bond donors (Lipinski definition) is 3. The molecule has 0 aliphatic carbocycles. The number of aliphatic hydroxyl groups excluding tert-OH is 1. The highest BCUT2D eigenvalue weighted by Gasteiger charge is 2.30. The minimum atomic E-state index is -4.96. The molecular weight excluding hydrogens is 1290 g/mol. The Balaban J connectivity index is 5.26. The van der Waals surface area contributed by atoms with Crippen LogP contribution in [0.25, 0.3) is 0 Å². The van der Waals surface area contributed by atoms with Crippen LogP contribution in [0.3, 0.4) is 0 Å². The first-order valence-electron chi connectivity index (χ1n) is 41.4. The third-order valence-electron chi connectivity index (χ3n) is 19.0. The minimum absolute atomic E-state index is 0.106. The Bertz CT molecular complexity index is 1920. The number of carbonyl (C=O) groups excluding carboxylic acids is 4. The lowest BCUT2D eigenvalue weighted by Crippen LogP contribution is -2.30. The van der Waals surface area contributed by atoms with E-state index in [0.717, 1.165) is 108 Å². The number of esters is 4. The molecule has 0 saturated heterocycles. The van der Waals surface area contributed by atoms with Crippen LogP contribution in [0.4, 0.5) is 0 Å². The predicted octanol–water partition coefficient (Wildman–Crippen LogP) is 23.7. The fourth-order valence-electron chi connectivity index (χ4n) is 12.3. The van der Waals surface area contributed by atoms with E-state index >= 15 is 0 Å². The highest BCUT2D eigenvalue weighted by atomic mass is 31.2. The van der Waals surface area contributed by atoms with Gasteiger partial charge in [0.1, 0.15) is 19.3 Å². The molecule has 588 valence electrons. The maximum Gasteiger partial charge on any atom is 0.472 e. The van der Waals surface area contributed by atoms with Crippen molar-refractivity contribution in [1.29, 1.82) is 0 Å². The molecular formula is C80H156O17P2. The van der Waals surface area contributed by atoms with E-state index in [-0.39, 0.29) is 25.7 Å². The molecule has 0 rings (SSSR count). The highest BCUT2D eigenvalue weighted by Crippen LogP contribution is 2.45. The van der Waals surface area contributed by atoms with Crippen LogP contribution in [0.2, 0.25) is 0 Å². The van der Waals surface area contributed by atoms with E-state index in [2.05, 4.69) is 48.5 Å². The van der Waals surface area contributed by atoms with Gasteiger partial charge in [0, 0.05) is 25.7 Å². The number of rotatable bonds is 78. The van der Waals surface area contributed by atoms with E-state index in [1.165, 1.54) is 225 Å². The van der Waals surface area contributed by atoms with E-state index in [4.69, 9.17) is 37.0 Å². The van der Waals surface area contributed by atoms with Crippen molar-refractivity contribution in [2.75, 3.05) is 39.6 Å². The second kappa shape index (κ2) is 70.4. The normalized spacial score (nSPS) is 14.3. The van der Waals surface area contributed by atoms with Crippen molar-refractivity contribution >= 4 is 39.5 Å². The molecule has 0 amide bonds. The van der Waals surface area contributed by atoms with E-state index in [1.54, 1.807) is 0 Å². The van der Waals surface area contributed by atoms with Gasteiger partial charge in [0.25, 0.3) is 0 Å². The number of phosphoric acid groups is 2. The number of phosphoric ester groups is 2. The minimum Gasteiger partial charge on any atom is -0.462 e. The van der Waals surface area contributed by atoms with Crippen LogP contribution in [0.5, 0.6) is 0 Å². The molecule has 0 aliphatic heterocycles. The van der Waals surface area contributed by atoms with Crippen LogP contribution in [0.1, 0.15) is 414 Å². The van der Waals surface area contributed by atoms with Gasteiger partial charge >= 0.3 is 39.5 Å². The van der Waals surface area contributed by atoms with Crippen LogP contribution in [-0.4, -0.2) is 96.7 Å². The molecule has 0 aromatic carbocycles. The Morgan fingerprint density at radius 2 is 0.515 bits per heavy atom. The summed E-state index contributed by atoms with van der Waals surface area (Å²) in [5, 5.41) is 10.6. The summed E-state index contributed by atoms with van der Waals surface area (Å²) in [5.41, 5.74) is 0.